The molecule has 1 aliphatic carbocycles. The summed E-state index contributed by atoms with van der Waals surface area (Å²) in [6.07, 6.45) is 2.19. The maximum absolute atomic E-state index is 12.4. The standard InChI is InChI=1S/C28H36N2O5/c1-18(26(31)29-16-15-19(2)27(32)33)9-8-10-20(3)30-28(34)35-17-25-23-13-6-4-11-21(23)22-12-5-7-14-24(22)25/h4-7,11-14,18-20,25H,8-10,15-17H2,1-3H3,(H,29,31)(H,30,34)(H,32,33). The molecule has 0 bridgehead atoms. The fraction of sp³-hybridized carbons (Fsp3) is 0.464. The average molecular weight is 481 g/mol. The molecule has 7 heteroatoms. The van der Waals surface area contributed by atoms with Crippen LogP contribution in [0.25, 0.3) is 11.1 Å². The van der Waals surface area contributed by atoms with Crippen molar-refractivity contribution in [3.63, 3.8) is 0 Å². The Kier molecular flexibility index (Phi) is 9.29. The Hall–Kier alpha value is -3.35. The lowest BCUT2D eigenvalue weighted by Gasteiger charge is -2.18. The van der Waals surface area contributed by atoms with Crippen molar-refractivity contribution < 1.29 is 24.2 Å². The van der Waals surface area contributed by atoms with Crippen LogP contribution in [0.15, 0.2) is 48.5 Å². The van der Waals surface area contributed by atoms with E-state index in [2.05, 4.69) is 34.9 Å². The summed E-state index contributed by atoms with van der Waals surface area (Å²) < 4.78 is 5.60. The molecule has 2 aromatic carbocycles. The van der Waals surface area contributed by atoms with E-state index in [9.17, 15) is 14.4 Å². The summed E-state index contributed by atoms with van der Waals surface area (Å²) in [5, 5.41) is 14.6. The molecular formula is C28H36N2O5. The van der Waals surface area contributed by atoms with E-state index >= 15 is 0 Å². The molecule has 0 saturated carbocycles. The van der Waals surface area contributed by atoms with Gasteiger partial charge < -0.3 is 20.5 Å². The molecule has 0 aliphatic heterocycles. The summed E-state index contributed by atoms with van der Waals surface area (Å²) in [5.74, 6) is -1.54. The molecule has 2 aromatic rings. The van der Waals surface area contributed by atoms with Gasteiger partial charge >= 0.3 is 12.1 Å². The van der Waals surface area contributed by atoms with Gasteiger partial charge in [-0.15, -0.1) is 0 Å². The number of nitrogens with one attached hydrogen (secondary N) is 2. The number of fused-ring (bicyclic) bond motifs is 3. The minimum absolute atomic E-state index is 0.0290. The van der Waals surface area contributed by atoms with Gasteiger partial charge in [0.05, 0.1) is 5.92 Å². The normalized spacial score (nSPS) is 14.8. The quantitative estimate of drug-likeness (QED) is 0.399. The topological polar surface area (TPSA) is 105 Å². The van der Waals surface area contributed by atoms with Gasteiger partial charge in [-0.2, -0.15) is 0 Å². The molecule has 7 nitrogen and oxygen atoms in total. The zero-order valence-corrected chi connectivity index (χ0v) is 20.8. The molecule has 0 saturated heterocycles. The summed E-state index contributed by atoms with van der Waals surface area (Å²) in [7, 11) is 0. The van der Waals surface area contributed by atoms with Gasteiger partial charge in [0.1, 0.15) is 6.61 Å². The zero-order valence-electron chi connectivity index (χ0n) is 20.8. The summed E-state index contributed by atoms with van der Waals surface area (Å²) in [4.78, 5) is 35.5. The van der Waals surface area contributed by atoms with Crippen molar-refractivity contribution in [3.05, 3.63) is 59.7 Å². The first-order chi connectivity index (χ1) is 16.8. The Labute approximate surface area is 207 Å². The summed E-state index contributed by atoms with van der Waals surface area (Å²) in [5.41, 5.74) is 4.75. The van der Waals surface area contributed by atoms with Crippen molar-refractivity contribution >= 4 is 18.0 Å². The zero-order chi connectivity index (χ0) is 25.4. The number of ether oxygens (including phenoxy) is 1. The summed E-state index contributed by atoms with van der Waals surface area (Å²) in [6, 6.07) is 16.4. The van der Waals surface area contributed by atoms with Crippen LogP contribution in [0.2, 0.25) is 0 Å². The highest BCUT2D eigenvalue weighted by atomic mass is 16.5. The molecule has 3 unspecified atom stereocenters. The highest BCUT2D eigenvalue weighted by molar-refractivity contribution is 5.79. The predicted molar refractivity (Wildman–Crippen MR) is 135 cm³/mol. The van der Waals surface area contributed by atoms with Crippen molar-refractivity contribution in [1.29, 1.82) is 0 Å². The number of alkyl carbamates (subject to hydrolysis) is 1. The summed E-state index contributed by atoms with van der Waals surface area (Å²) in [6.45, 7) is 6.06. The van der Waals surface area contributed by atoms with Crippen LogP contribution in [0, 0.1) is 11.8 Å². The lowest BCUT2D eigenvalue weighted by atomic mass is 9.98. The van der Waals surface area contributed by atoms with Crippen molar-refractivity contribution in [2.75, 3.05) is 13.2 Å². The maximum atomic E-state index is 12.4. The van der Waals surface area contributed by atoms with Gasteiger partial charge in [0, 0.05) is 24.4 Å². The lowest BCUT2D eigenvalue weighted by molar-refractivity contribution is -0.141. The van der Waals surface area contributed by atoms with Gasteiger partial charge in [0.2, 0.25) is 5.91 Å². The molecule has 35 heavy (non-hydrogen) atoms. The van der Waals surface area contributed by atoms with Crippen LogP contribution in [0.1, 0.15) is 63.5 Å². The number of carboxylic acid groups (broad SMARTS) is 1. The molecule has 0 fully saturated rings. The third-order valence-corrected chi connectivity index (χ3v) is 6.73. The Morgan fingerprint density at radius 2 is 1.49 bits per heavy atom. The molecule has 1 aliphatic rings. The molecule has 3 rings (SSSR count). The third-order valence-electron chi connectivity index (χ3n) is 6.73. The van der Waals surface area contributed by atoms with E-state index in [1.54, 1.807) is 6.92 Å². The fourth-order valence-electron chi connectivity index (χ4n) is 4.48. The number of rotatable bonds is 12. The van der Waals surface area contributed by atoms with Crippen LogP contribution >= 0.6 is 0 Å². The highest BCUT2D eigenvalue weighted by Gasteiger charge is 2.29. The van der Waals surface area contributed by atoms with E-state index in [0.29, 0.717) is 19.4 Å². The number of carbonyl (C=O) groups excluding carboxylic acids is 2. The van der Waals surface area contributed by atoms with Gasteiger partial charge in [-0.3, -0.25) is 9.59 Å². The second-order valence-corrected chi connectivity index (χ2v) is 9.52. The van der Waals surface area contributed by atoms with E-state index in [-0.39, 0.29) is 30.4 Å². The van der Waals surface area contributed by atoms with E-state index < -0.39 is 18.0 Å². The fourth-order valence-corrected chi connectivity index (χ4v) is 4.48. The largest absolute Gasteiger partial charge is 0.481 e. The number of hydrogen-bond donors (Lipinski definition) is 3. The van der Waals surface area contributed by atoms with E-state index in [1.807, 2.05) is 38.1 Å². The van der Waals surface area contributed by atoms with E-state index in [0.717, 1.165) is 12.8 Å². The Balaban J connectivity index is 1.37. The van der Waals surface area contributed by atoms with E-state index in [1.165, 1.54) is 22.3 Å². The first-order valence-corrected chi connectivity index (χ1v) is 12.4. The molecule has 188 valence electrons. The first kappa shape index (κ1) is 26.3. The second kappa shape index (κ2) is 12.4. The molecule has 3 atom stereocenters. The van der Waals surface area contributed by atoms with Crippen LogP contribution in [0.3, 0.4) is 0 Å². The molecular weight excluding hydrogens is 444 g/mol. The van der Waals surface area contributed by atoms with Crippen molar-refractivity contribution in [1.82, 2.24) is 10.6 Å². The number of benzene rings is 2. The van der Waals surface area contributed by atoms with Crippen molar-refractivity contribution in [3.8, 4) is 11.1 Å². The predicted octanol–water partition coefficient (Wildman–Crippen LogP) is 4.95. The van der Waals surface area contributed by atoms with Crippen LogP contribution < -0.4 is 10.6 Å². The highest BCUT2D eigenvalue weighted by Crippen LogP contribution is 2.44. The monoisotopic (exact) mass is 480 g/mol. The minimum atomic E-state index is -0.856. The Morgan fingerprint density at radius 1 is 0.886 bits per heavy atom. The Bertz CT molecular complexity index is 992. The number of aliphatic carboxylic acids is 1. The third kappa shape index (κ3) is 7.07. The smallest absolute Gasteiger partial charge is 0.407 e. The van der Waals surface area contributed by atoms with Gasteiger partial charge in [-0.25, -0.2) is 4.79 Å². The number of amides is 2. The number of carbonyl (C=O) groups is 3. The average Bonchev–Trinajstić information content (AvgIpc) is 3.16. The van der Waals surface area contributed by atoms with Crippen LogP contribution in [0.4, 0.5) is 4.79 Å². The lowest BCUT2D eigenvalue weighted by Crippen LogP contribution is -2.34. The summed E-state index contributed by atoms with van der Waals surface area (Å²) >= 11 is 0. The maximum Gasteiger partial charge on any atom is 0.407 e. The SMILES string of the molecule is CC(CCCC(C)C(=O)NCCC(C)C(=O)O)NC(=O)OCC1c2ccccc2-c2ccccc21. The van der Waals surface area contributed by atoms with Gasteiger partial charge in [0.25, 0.3) is 0 Å². The number of hydrogen-bond acceptors (Lipinski definition) is 4. The van der Waals surface area contributed by atoms with Crippen LogP contribution in [-0.2, 0) is 14.3 Å². The molecule has 2 amide bonds. The van der Waals surface area contributed by atoms with Crippen LogP contribution in [0.5, 0.6) is 0 Å². The van der Waals surface area contributed by atoms with Gasteiger partial charge in [0.15, 0.2) is 0 Å². The van der Waals surface area contributed by atoms with Crippen LogP contribution in [-0.4, -0.2) is 42.3 Å². The molecule has 3 N–H and O–H groups in total. The van der Waals surface area contributed by atoms with Gasteiger partial charge in [-0.05, 0) is 48.4 Å². The van der Waals surface area contributed by atoms with Gasteiger partial charge in [-0.1, -0.05) is 68.8 Å². The first-order valence-electron chi connectivity index (χ1n) is 12.4. The Morgan fingerprint density at radius 3 is 2.09 bits per heavy atom. The second-order valence-electron chi connectivity index (χ2n) is 9.52. The molecule has 0 spiro atoms. The number of carboxylic acids is 1. The molecule has 0 radical (unpaired) electrons. The van der Waals surface area contributed by atoms with Crippen molar-refractivity contribution in [2.45, 2.75) is 58.4 Å². The van der Waals surface area contributed by atoms with E-state index in [4.69, 9.17) is 9.84 Å². The minimum Gasteiger partial charge on any atom is -0.481 e. The molecule has 0 aromatic heterocycles. The van der Waals surface area contributed by atoms with Crippen molar-refractivity contribution in [2.24, 2.45) is 11.8 Å². The molecule has 0 heterocycles.